The Morgan fingerprint density at radius 2 is 1.89 bits per heavy atom. The van der Waals surface area contributed by atoms with Crippen molar-refractivity contribution < 1.29 is 24.2 Å². The summed E-state index contributed by atoms with van der Waals surface area (Å²) in [6, 6.07) is 18.6. The number of carboxylic acids is 1. The zero-order valence-electron chi connectivity index (χ0n) is 24.0. The van der Waals surface area contributed by atoms with E-state index in [0.717, 1.165) is 71.8 Å². The molecule has 44 heavy (non-hydrogen) atoms. The Balaban J connectivity index is 1.22. The molecule has 2 aliphatic heterocycles. The van der Waals surface area contributed by atoms with Crippen molar-refractivity contribution in [3.05, 3.63) is 88.5 Å². The molecule has 0 atom stereocenters. The third-order valence-corrected chi connectivity index (χ3v) is 9.15. The van der Waals surface area contributed by atoms with Gasteiger partial charge >= 0.3 is 5.97 Å². The highest BCUT2D eigenvalue weighted by Gasteiger charge is 2.31. The predicted octanol–water partition coefficient (Wildman–Crippen LogP) is 5.27. The van der Waals surface area contributed by atoms with Gasteiger partial charge in [0.15, 0.2) is 0 Å². The van der Waals surface area contributed by atoms with Gasteiger partial charge in [-0.15, -0.1) is 0 Å². The molecule has 4 N–H and O–H groups in total. The number of amides is 1. The first-order chi connectivity index (χ1) is 21.4. The van der Waals surface area contributed by atoms with Crippen LogP contribution in [0.4, 0.5) is 5.69 Å². The fourth-order valence-corrected chi connectivity index (χ4v) is 6.66. The summed E-state index contributed by atoms with van der Waals surface area (Å²) in [5.74, 6) is -0.374. The van der Waals surface area contributed by atoms with Gasteiger partial charge in [0.2, 0.25) is 0 Å². The topological polar surface area (TPSA) is 121 Å². The number of fused-ring (bicyclic) bond motifs is 1. The first kappa shape index (κ1) is 29.9. The number of thiocarbonyl (C=S) groups is 1. The van der Waals surface area contributed by atoms with Gasteiger partial charge < -0.3 is 25.3 Å². The number of benzene rings is 3. The van der Waals surface area contributed by atoms with Gasteiger partial charge in [-0.2, -0.15) is 0 Å². The van der Waals surface area contributed by atoms with Crippen molar-refractivity contribution >= 4 is 62.8 Å². The van der Waals surface area contributed by atoms with E-state index in [1.807, 2.05) is 42.6 Å². The van der Waals surface area contributed by atoms with Crippen LogP contribution in [-0.2, 0) is 16.0 Å². The minimum atomic E-state index is -0.970. The Morgan fingerprint density at radius 1 is 1.09 bits per heavy atom. The Morgan fingerprint density at radius 3 is 2.66 bits per heavy atom. The number of morpholine rings is 1. The van der Waals surface area contributed by atoms with Gasteiger partial charge in [-0.05, 0) is 71.7 Å². The molecule has 0 unspecified atom stereocenters. The van der Waals surface area contributed by atoms with Crippen LogP contribution in [0.1, 0.15) is 21.5 Å². The van der Waals surface area contributed by atoms with Gasteiger partial charge in [0, 0.05) is 43.3 Å². The number of nitrogen functional groups attached to an aromatic ring is 1. The lowest BCUT2D eigenvalue weighted by Crippen LogP contribution is -2.38. The Labute approximate surface area is 264 Å². The highest BCUT2D eigenvalue weighted by Crippen LogP contribution is 2.38. The first-order valence-corrected chi connectivity index (χ1v) is 15.6. The monoisotopic (exact) mass is 628 g/mol. The SMILES string of the molecule is Nc1cc(-c2cc(/C=C3\SC(=S)N(CCc4ccc(C(=O)O)cc4)C3=O)ccc2OCCN2CCOCC2)cc2cc[nH]c12. The van der Waals surface area contributed by atoms with Crippen molar-refractivity contribution in [3.63, 3.8) is 0 Å². The average Bonchev–Trinajstić information content (AvgIpc) is 3.61. The number of thioether (sulfide) groups is 1. The molecule has 1 aromatic heterocycles. The number of carbonyl (C=O) groups excluding carboxylic acids is 1. The van der Waals surface area contributed by atoms with E-state index < -0.39 is 5.97 Å². The highest BCUT2D eigenvalue weighted by atomic mass is 32.2. The molecule has 0 saturated carbocycles. The molecule has 6 rings (SSSR count). The number of aromatic nitrogens is 1. The number of H-pyrrole nitrogens is 1. The van der Waals surface area contributed by atoms with E-state index in [1.54, 1.807) is 29.2 Å². The number of hydrogen-bond acceptors (Lipinski definition) is 8. The molecule has 2 aliphatic rings. The van der Waals surface area contributed by atoms with Crippen LogP contribution in [0.2, 0.25) is 0 Å². The van der Waals surface area contributed by atoms with Gasteiger partial charge in [-0.1, -0.05) is 42.2 Å². The summed E-state index contributed by atoms with van der Waals surface area (Å²) in [5, 5.41) is 10.1. The number of anilines is 1. The van der Waals surface area contributed by atoms with Crippen molar-refractivity contribution in [1.29, 1.82) is 0 Å². The smallest absolute Gasteiger partial charge is 0.335 e. The second-order valence-corrected chi connectivity index (χ2v) is 12.3. The molecule has 226 valence electrons. The third-order valence-electron chi connectivity index (χ3n) is 7.77. The van der Waals surface area contributed by atoms with Crippen molar-refractivity contribution in [2.45, 2.75) is 6.42 Å². The fourth-order valence-electron chi connectivity index (χ4n) is 5.35. The lowest BCUT2D eigenvalue weighted by molar-refractivity contribution is -0.122. The Bertz CT molecular complexity index is 1740. The van der Waals surface area contributed by atoms with Crippen molar-refractivity contribution in [2.75, 3.05) is 51.7 Å². The molecular weight excluding hydrogens is 597 g/mol. The van der Waals surface area contributed by atoms with Gasteiger partial charge in [0.25, 0.3) is 5.91 Å². The fraction of sp³-hybridized carbons (Fsp3) is 0.242. The summed E-state index contributed by atoms with van der Waals surface area (Å²) < 4.78 is 12.3. The van der Waals surface area contributed by atoms with E-state index in [4.69, 9.17) is 32.5 Å². The van der Waals surface area contributed by atoms with Crippen molar-refractivity contribution in [1.82, 2.24) is 14.8 Å². The average molecular weight is 629 g/mol. The molecule has 9 nitrogen and oxygen atoms in total. The minimum absolute atomic E-state index is 0.146. The molecule has 0 bridgehead atoms. The van der Waals surface area contributed by atoms with Crippen LogP contribution in [-0.4, -0.2) is 82.1 Å². The van der Waals surface area contributed by atoms with Crippen LogP contribution in [0.25, 0.3) is 28.1 Å². The van der Waals surface area contributed by atoms with Crippen LogP contribution in [0, 0.1) is 0 Å². The minimum Gasteiger partial charge on any atom is -0.492 e. The Kier molecular flexibility index (Phi) is 8.99. The lowest BCUT2D eigenvalue weighted by Gasteiger charge is -2.26. The molecule has 1 amide bonds. The molecule has 11 heteroatoms. The molecule has 4 aromatic rings. The summed E-state index contributed by atoms with van der Waals surface area (Å²) in [4.78, 5) is 32.2. The van der Waals surface area contributed by atoms with Crippen molar-refractivity contribution in [2.24, 2.45) is 0 Å². The number of aromatic carboxylic acids is 1. The van der Waals surface area contributed by atoms with E-state index in [9.17, 15) is 9.59 Å². The van der Waals surface area contributed by atoms with E-state index >= 15 is 0 Å². The van der Waals surface area contributed by atoms with Crippen LogP contribution in [0.15, 0.2) is 71.8 Å². The summed E-state index contributed by atoms with van der Waals surface area (Å²) in [6.45, 7) is 5.01. The summed E-state index contributed by atoms with van der Waals surface area (Å²) in [7, 11) is 0. The molecule has 3 aromatic carbocycles. The highest BCUT2D eigenvalue weighted by molar-refractivity contribution is 8.26. The second-order valence-electron chi connectivity index (χ2n) is 10.7. The zero-order valence-corrected chi connectivity index (χ0v) is 25.6. The van der Waals surface area contributed by atoms with Gasteiger partial charge in [-0.3, -0.25) is 14.6 Å². The third kappa shape index (κ3) is 6.66. The van der Waals surface area contributed by atoms with E-state index in [0.29, 0.717) is 34.5 Å². The van der Waals surface area contributed by atoms with Crippen LogP contribution in [0.3, 0.4) is 0 Å². The molecule has 2 fully saturated rings. The molecular formula is C33H32N4O5S2. The molecule has 0 aliphatic carbocycles. The number of ether oxygens (including phenoxy) is 2. The van der Waals surface area contributed by atoms with Crippen LogP contribution < -0.4 is 10.5 Å². The first-order valence-electron chi connectivity index (χ1n) is 14.4. The largest absolute Gasteiger partial charge is 0.492 e. The lowest BCUT2D eigenvalue weighted by atomic mass is 9.99. The van der Waals surface area contributed by atoms with E-state index in [1.165, 1.54) is 11.8 Å². The molecule has 3 heterocycles. The number of nitrogens with zero attached hydrogens (tertiary/aromatic N) is 2. The maximum Gasteiger partial charge on any atom is 0.335 e. The summed E-state index contributed by atoms with van der Waals surface area (Å²) >= 11 is 6.84. The number of hydrogen-bond donors (Lipinski definition) is 3. The number of carbonyl (C=O) groups is 2. The number of nitrogens with one attached hydrogen (secondary N) is 1. The van der Waals surface area contributed by atoms with Crippen LogP contribution >= 0.6 is 24.0 Å². The second kappa shape index (κ2) is 13.2. The predicted molar refractivity (Wildman–Crippen MR) is 178 cm³/mol. The van der Waals surface area contributed by atoms with Gasteiger partial charge in [-0.25, -0.2) is 4.79 Å². The van der Waals surface area contributed by atoms with E-state index in [2.05, 4.69) is 16.0 Å². The Hall–Kier alpha value is -4.16. The normalized spacial score (nSPS) is 16.7. The zero-order chi connectivity index (χ0) is 30.6. The maximum absolute atomic E-state index is 13.4. The molecule has 0 radical (unpaired) electrons. The van der Waals surface area contributed by atoms with Crippen molar-refractivity contribution in [3.8, 4) is 16.9 Å². The van der Waals surface area contributed by atoms with Gasteiger partial charge in [0.1, 0.15) is 16.7 Å². The number of carboxylic acid groups (broad SMARTS) is 1. The summed E-state index contributed by atoms with van der Waals surface area (Å²) in [6.07, 6.45) is 4.29. The van der Waals surface area contributed by atoms with Gasteiger partial charge in [0.05, 0.1) is 34.9 Å². The quantitative estimate of drug-likeness (QED) is 0.123. The van der Waals surface area contributed by atoms with E-state index in [-0.39, 0.29) is 11.5 Å². The molecule has 0 spiro atoms. The van der Waals surface area contributed by atoms with Crippen LogP contribution in [0.5, 0.6) is 5.75 Å². The maximum atomic E-state index is 13.4. The number of nitrogens with two attached hydrogens (primary N) is 1. The number of rotatable bonds is 10. The standard InChI is InChI=1S/C33H32N4O5S2/c34-27-20-25(19-24-7-9-35-30(24)27)26-17-22(3-6-28(26)42-16-13-36-11-14-41-15-12-36)18-29-31(38)37(33(43)44-29)10-8-21-1-4-23(5-2-21)32(39)40/h1-7,9,17-20,35H,8,10-16,34H2,(H,39,40)/b29-18-. The summed E-state index contributed by atoms with van der Waals surface area (Å²) in [5.41, 5.74) is 11.7. The molecule has 2 saturated heterocycles. The number of aromatic amines is 1.